The average Bonchev–Trinajstić information content (AvgIpc) is 3.21. The standard InChI is InChI=1S/C15H25O8P/c1-3-19-24(17,20-4-2)21-9-5-8-18-15-13-11-7-6-10(22-11)12(13)14(16)23-15/h10-13,15H,3-9H2,1-2H3/t10-,11-,12?,13?,15+/m1/s1. The molecule has 0 saturated carbocycles. The molecule has 3 heterocycles. The summed E-state index contributed by atoms with van der Waals surface area (Å²) in [5.41, 5.74) is 0. The Labute approximate surface area is 141 Å². The summed E-state index contributed by atoms with van der Waals surface area (Å²) in [6, 6.07) is 0. The Bertz CT molecular complexity index is 488. The molecule has 138 valence electrons. The predicted molar refractivity (Wildman–Crippen MR) is 82.1 cm³/mol. The van der Waals surface area contributed by atoms with Gasteiger partial charge in [-0.25, -0.2) is 4.57 Å². The van der Waals surface area contributed by atoms with Crippen LogP contribution in [0, 0.1) is 11.8 Å². The molecule has 3 rings (SSSR count). The minimum Gasteiger partial charge on any atom is -0.435 e. The van der Waals surface area contributed by atoms with Gasteiger partial charge >= 0.3 is 13.8 Å². The summed E-state index contributed by atoms with van der Waals surface area (Å²) in [5.74, 6) is -0.401. The molecule has 2 unspecified atom stereocenters. The monoisotopic (exact) mass is 364 g/mol. The van der Waals surface area contributed by atoms with Crippen LogP contribution >= 0.6 is 7.82 Å². The fourth-order valence-electron chi connectivity index (χ4n) is 3.65. The number of phosphoric acid groups is 1. The Morgan fingerprint density at radius 1 is 1.08 bits per heavy atom. The first-order chi connectivity index (χ1) is 11.6. The van der Waals surface area contributed by atoms with E-state index < -0.39 is 14.1 Å². The summed E-state index contributed by atoms with van der Waals surface area (Å²) in [4.78, 5) is 11.9. The van der Waals surface area contributed by atoms with Gasteiger partial charge in [0, 0.05) is 0 Å². The van der Waals surface area contributed by atoms with E-state index >= 15 is 0 Å². The molecule has 8 nitrogen and oxygen atoms in total. The van der Waals surface area contributed by atoms with Crippen molar-refractivity contribution in [2.45, 2.75) is 51.6 Å². The zero-order chi connectivity index (χ0) is 17.2. The molecular formula is C15H25O8P. The molecule has 24 heavy (non-hydrogen) atoms. The first-order valence-corrected chi connectivity index (χ1v) is 10.0. The molecule has 5 atom stereocenters. The first-order valence-electron chi connectivity index (χ1n) is 8.59. The molecule has 3 fully saturated rings. The van der Waals surface area contributed by atoms with Crippen molar-refractivity contribution >= 4 is 13.8 Å². The topological polar surface area (TPSA) is 89.5 Å². The number of rotatable bonds is 10. The zero-order valence-electron chi connectivity index (χ0n) is 14.0. The Hall–Kier alpha value is -0.500. The van der Waals surface area contributed by atoms with Crippen molar-refractivity contribution in [3.8, 4) is 0 Å². The fourth-order valence-corrected chi connectivity index (χ4v) is 4.86. The lowest BCUT2D eigenvalue weighted by atomic mass is 9.81. The molecule has 2 bridgehead atoms. The number of carbonyl (C=O) groups excluding carboxylic acids is 1. The van der Waals surface area contributed by atoms with Gasteiger partial charge in [0.25, 0.3) is 0 Å². The van der Waals surface area contributed by atoms with Crippen molar-refractivity contribution in [3.63, 3.8) is 0 Å². The van der Waals surface area contributed by atoms with Gasteiger partial charge in [0.05, 0.1) is 50.5 Å². The second-order valence-corrected chi connectivity index (χ2v) is 7.71. The molecule has 0 aromatic carbocycles. The molecule has 3 saturated heterocycles. The lowest BCUT2D eigenvalue weighted by Crippen LogP contribution is -2.32. The van der Waals surface area contributed by atoms with Crippen molar-refractivity contribution in [1.82, 2.24) is 0 Å². The second-order valence-electron chi connectivity index (χ2n) is 6.04. The predicted octanol–water partition coefficient (Wildman–Crippen LogP) is 2.27. The molecule has 9 heteroatoms. The van der Waals surface area contributed by atoms with E-state index in [2.05, 4.69) is 0 Å². The molecule has 3 aliphatic heterocycles. The van der Waals surface area contributed by atoms with Crippen LogP contribution in [0.25, 0.3) is 0 Å². The molecule has 0 spiro atoms. The summed E-state index contributed by atoms with van der Waals surface area (Å²) in [6.07, 6.45) is 1.87. The van der Waals surface area contributed by atoms with Crippen LogP contribution in [0.5, 0.6) is 0 Å². The number of esters is 1. The molecule has 0 aromatic heterocycles. The van der Waals surface area contributed by atoms with Gasteiger partial charge in [0.1, 0.15) is 0 Å². The van der Waals surface area contributed by atoms with E-state index in [1.165, 1.54) is 0 Å². The maximum Gasteiger partial charge on any atom is 0.474 e. The normalized spacial score (nSPS) is 34.6. The molecule has 0 aliphatic carbocycles. The van der Waals surface area contributed by atoms with Crippen LogP contribution in [-0.4, -0.2) is 50.9 Å². The highest BCUT2D eigenvalue weighted by atomic mass is 31.2. The summed E-state index contributed by atoms with van der Waals surface area (Å²) in [5, 5.41) is 0. The van der Waals surface area contributed by atoms with Crippen LogP contribution in [0.1, 0.15) is 33.1 Å². The highest BCUT2D eigenvalue weighted by Crippen LogP contribution is 2.50. The number of carbonyl (C=O) groups is 1. The maximum absolute atomic E-state index is 12.1. The summed E-state index contributed by atoms with van der Waals surface area (Å²) < 4.78 is 44.3. The van der Waals surface area contributed by atoms with Crippen LogP contribution in [0.3, 0.4) is 0 Å². The number of hydrogen-bond acceptors (Lipinski definition) is 8. The fraction of sp³-hybridized carbons (Fsp3) is 0.933. The largest absolute Gasteiger partial charge is 0.474 e. The molecular weight excluding hydrogens is 339 g/mol. The Morgan fingerprint density at radius 2 is 1.79 bits per heavy atom. The minimum absolute atomic E-state index is 0.00452. The van der Waals surface area contributed by atoms with Crippen LogP contribution in [0.4, 0.5) is 0 Å². The van der Waals surface area contributed by atoms with Crippen molar-refractivity contribution in [2.75, 3.05) is 26.4 Å². The molecule has 0 radical (unpaired) electrons. The number of fused-ring (bicyclic) bond motifs is 5. The van der Waals surface area contributed by atoms with Crippen LogP contribution < -0.4 is 0 Å². The van der Waals surface area contributed by atoms with Crippen molar-refractivity contribution in [3.05, 3.63) is 0 Å². The third-order valence-electron chi connectivity index (χ3n) is 4.54. The summed E-state index contributed by atoms with van der Waals surface area (Å²) >= 11 is 0. The van der Waals surface area contributed by atoms with E-state index in [-0.39, 0.29) is 49.8 Å². The lowest BCUT2D eigenvalue weighted by Gasteiger charge is -2.22. The SMILES string of the molecule is CCOP(=O)(OCC)OCCCO[C@H]1OC(=O)C2C1[C@H]1CC[C@H]2O1. The Balaban J connectivity index is 1.39. The van der Waals surface area contributed by atoms with Gasteiger partial charge in [-0.2, -0.15) is 0 Å². The van der Waals surface area contributed by atoms with Gasteiger partial charge in [0.2, 0.25) is 6.29 Å². The molecule has 0 amide bonds. The third kappa shape index (κ3) is 3.69. The average molecular weight is 364 g/mol. The Kier molecular flexibility index (Phi) is 5.95. The first kappa shape index (κ1) is 18.3. The zero-order valence-corrected chi connectivity index (χ0v) is 14.9. The Morgan fingerprint density at radius 3 is 2.50 bits per heavy atom. The number of phosphoric ester groups is 1. The van der Waals surface area contributed by atoms with Gasteiger partial charge < -0.3 is 14.2 Å². The van der Waals surface area contributed by atoms with E-state index in [1.807, 2.05) is 0 Å². The van der Waals surface area contributed by atoms with Gasteiger partial charge in [-0.15, -0.1) is 0 Å². The van der Waals surface area contributed by atoms with E-state index in [1.54, 1.807) is 13.8 Å². The summed E-state index contributed by atoms with van der Waals surface area (Å²) in [6.45, 7) is 4.45. The second kappa shape index (κ2) is 7.81. The minimum atomic E-state index is -3.48. The quantitative estimate of drug-likeness (QED) is 0.331. The van der Waals surface area contributed by atoms with Gasteiger partial charge in [-0.1, -0.05) is 0 Å². The third-order valence-corrected chi connectivity index (χ3v) is 6.19. The smallest absolute Gasteiger partial charge is 0.435 e. The molecule has 0 N–H and O–H groups in total. The van der Waals surface area contributed by atoms with Gasteiger partial charge in [-0.3, -0.25) is 18.4 Å². The molecule has 0 aromatic rings. The lowest BCUT2D eigenvalue weighted by molar-refractivity contribution is -0.175. The van der Waals surface area contributed by atoms with Crippen LogP contribution in [-0.2, 0) is 37.1 Å². The van der Waals surface area contributed by atoms with Crippen molar-refractivity contribution < 1.29 is 37.1 Å². The molecule has 3 aliphatic rings. The maximum atomic E-state index is 12.1. The highest BCUT2D eigenvalue weighted by molar-refractivity contribution is 7.48. The van der Waals surface area contributed by atoms with E-state index in [0.29, 0.717) is 13.0 Å². The van der Waals surface area contributed by atoms with Crippen LogP contribution in [0.2, 0.25) is 0 Å². The van der Waals surface area contributed by atoms with E-state index in [4.69, 9.17) is 27.8 Å². The number of ether oxygens (including phenoxy) is 3. The van der Waals surface area contributed by atoms with Crippen molar-refractivity contribution in [2.24, 2.45) is 11.8 Å². The van der Waals surface area contributed by atoms with Gasteiger partial charge in [0.15, 0.2) is 0 Å². The van der Waals surface area contributed by atoms with E-state index in [9.17, 15) is 9.36 Å². The number of cyclic esters (lactones) is 1. The number of hydrogen-bond donors (Lipinski definition) is 0. The summed E-state index contributed by atoms with van der Waals surface area (Å²) in [7, 11) is -3.48. The highest BCUT2D eigenvalue weighted by Gasteiger charge is 2.61. The van der Waals surface area contributed by atoms with Crippen LogP contribution in [0.15, 0.2) is 0 Å². The van der Waals surface area contributed by atoms with Gasteiger partial charge in [-0.05, 0) is 33.1 Å². The van der Waals surface area contributed by atoms with E-state index in [0.717, 1.165) is 12.8 Å². The van der Waals surface area contributed by atoms with Crippen molar-refractivity contribution in [1.29, 1.82) is 0 Å².